The Morgan fingerprint density at radius 2 is 1.86 bits per heavy atom. The number of rotatable bonds is 5. The van der Waals surface area contributed by atoms with Crippen molar-refractivity contribution in [3.05, 3.63) is 34.3 Å². The number of methoxy groups -OCH3 is 1. The Morgan fingerprint density at radius 3 is 2.45 bits per heavy atom. The van der Waals surface area contributed by atoms with Crippen LogP contribution in [0.3, 0.4) is 0 Å². The first kappa shape index (κ1) is 17.0. The molecule has 2 rings (SSSR count). The molecule has 5 heteroatoms. The lowest BCUT2D eigenvalue weighted by atomic mass is 9.88. The molecule has 1 aliphatic rings. The Labute approximate surface area is 139 Å². The molecule has 4 nitrogen and oxygen atoms in total. The average Bonchev–Trinajstić information content (AvgIpc) is 2.55. The Bertz CT molecular complexity index is 509. The number of carbonyl (C=O) groups excluding carboxylic acids is 2. The van der Waals surface area contributed by atoms with Crippen LogP contribution in [-0.2, 0) is 14.3 Å². The minimum atomic E-state index is -0.338. The van der Waals surface area contributed by atoms with Crippen LogP contribution >= 0.6 is 15.9 Å². The van der Waals surface area contributed by atoms with E-state index >= 15 is 0 Å². The van der Waals surface area contributed by atoms with Gasteiger partial charge in [-0.2, -0.15) is 0 Å². The number of benzene rings is 1. The van der Waals surface area contributed by atoms with E-state index in [9.17, 15) is 9.59 Å². The van der Waals surface area contributed by atoms with Gasteiger partial charge in [0.2, 0.25) is 5.91 Å². The average molecular weight is 368 g/mol. The predicted octanol–water partition coefficient (Wildman–Crippen LogP) is 3.75. The molecule has 0 bridgehead atoms. The molecule has 0 radical (unpaired) electrons. The molecule has 0 aromatic heterocycles. The van der Waals surface area contributed by atoms with Gasteiger partial charge in [0.05, 0.1) is 19.6 Å². The van der Waals surface area contributed by atoms with E-state index in [1.165, 1.54) is 13.5 Å². The molecule has 1 N–H and O–H groups in total. The van der Waals surface area contributed by atoms with E-state index in [4.69, 9.17) is 4.74 Å². The Hall–Kier alpha value is -1.36. The molecular formula is C17H22BrNO3. The number of ether oxygens (including phenoxy) is 1. The highest BCUT2D eigenvalue weighted by atomic mass is 79.9. The maximum Gasteiger partial charge on any atom is 0.307 e. The second kappa shape index (κ2) is 8.32. The molecule has 0 spiro atoms. The van der Waals surface area contributed by atoms with Crippen LogP contribution < -0.4 is 5.32 Å². The molecule has 1 fully saturated rings. The van der Waals surface area contributed by atoms with Crippen LogP contribution in [0.1, 0.15) is 50.1 Å². The van der Waals surface area contributed by atoms with Gasteiger partial charge in [0, 0.05) is 10.4 Å². The van der Waals surface area contributed by atoms with Gasteiger partial charge in [-0.15, -0.1) is 0 Å². The van der Waals surface area contributed by atoms with Gasteiger partial charge in [-0.3, -0.25) is 9.59 Å². The van der Waals surface area contributed by atoms with E-state index in [1.807, 2.05) is 24.3 Å². The fourth-order valence-electron chi connectivity index (χ4n) is 2.85. The Morgan fingerprint density at radius 1 is 1.23 bits per heavy atom. The second-order valence-corrected chi connectivity index (χ2v) is 6.64. The number of carbonyl (C=O) groups is 2. The molecule has 1 amide bonds. The van der Waals surface area contributed by atoms with Crippen molar-refractivity contribution < 1.29 is 14.3 Å². The summed E-state index contributed by atoms with van der Waals surface area (Å²) in [5.41, 5.74) is 0.915. The molecule has 0 heterocycles. The first-order chi connectivity index (χ1) is 10.6. The summed E-state index contributed by atoms with van der Waals surface area (Å²) in [6.07, 6.45) is 5.46. The van der Waals surface area contributed by atoms with Gasteiger partial charge in [-0.25, -0.2) is 0 Å². The predicted molar refractivity (Wildman–Crippen MR) is 88.2 cm³/mol. The highest BCUT2D eigenvalue weighted by Gasteiger charge is 2.25. The first-order valence-corrected chi connectivity index (χ1v) is 8.52. The largest absolute Gasteiger partial charge is 0.469 e. The van der Waals surface area contributed by atoms with Crippen LogP contribution in [0, 0.1) is 5.92 Å². The molecule has 1 aliphatic carbocycles. The molecule has 1 saturated carbocycles. The SMILES string of the molecule is COC(=O)CC(NC(=O)C1CCCCC1)c1ccc(Br)cc1. The summed E-state index contributed by atoms with van der Waals surface area (Å²) < 4.78 is 5.72. The molecule has 1 atom stereocenters. The number of halogens is 1. The van der Waals surface area contributed by atoms with Gasteiger partial charge in [0.15, 0.2) is 0 Å². The van der Waals surface area contributed by atoms with Crippen LogP contribution in [0.15, 0.2) is 28.7 Å². The Balaban J connectivity index is 2.07. The monoisotopic (exact) mass is 367 g/mol. The van der Waals surface area contributed by atoms with Crippen LogP contribution in [0.25, 0.3) is 0 Å². The maximum absolute atomic E-state index is 12.4. The summed E-state index contributed by atoms with van der Waals surface area (Å²) in [5, 5.41) is 3.03. The normalized spacial score (nSPS) is 16.8. The number of nitrogens with one attached hydrogen (secondary N) is 1. The van der Waals surface area contributed by atoms with Crippen molar-refractivity contribution in [2.24, 2.45) is 5.92 Å². The molecule has 0 saturated heterocycles. The van der Waals surface area contributed by atoms with Gasteiger partial charge in [-0.1, -0.05) is 47.3 Å². The van der Waals surface area contributed by atoms with Crippen molar-refractivity contribution in [1.82, 2.24) is 5.32 Å². The molecule has 1 unspecified atom stereocenters. The number of hydrogen-bond acceptors (Lipinski definition) is 3. The van der Waals surface area contributed by atoms with Gasteiger partial charge in [0.1, 0.15) is 0 Å². The van der Waals surface area contributed by atoms with Crippen molar-refractivity contribution in [3.63, 3.8) is 0 Å². The van der Waals surface area contributed by atoms with E-state index in [2.05, 4.69) is 21.2 Å². The smallest absolute Gasteiger partial charge is 0.307 e. The van der Waals surface area contributed by atoms with Crippen molar-refractivity contribution in [2.45, 2.75) is 44.6 Å². The van der Waals surface area contributed by atoms with Crippen LogP contribution in [-0.4, -0.2) is 19.0 Å². The van der Waals surface area contributed by atoms with Gasteiger partial charge in [-0.05, 0) is 30.5 Å². The van der Waals surface area contributed by atoms with Gasteiger partial charge < -0.3 is 10.1 Å². The summed E-state index contributed by atoms with van der Waals surface area (Å²) in [7, 11) is 1.37. The van der Waals surface area contributed by atoms with Crippen molar-refractivity contribution in [1.29, 1.82) is 0 Å². The van der Waals surface area contributed by atoms with Crippen molar-refractivity contribution in [3.8, 4) is 0 Å². The summed E-state index contributed by atoms with van der Waals surface area (Å²) >= 11 is 3.39. The minimum absolute atomic E-state index is 0.0523. The molecule has 22 heavy (non-hydrogen) atoms. The third kappa shape index (κ3) is 4.83. The lowest BCUT2D eigenvalue weighted by Gasteiger charge is -2.25. The molecular weight excluding hydrogens is 346 g/mol. The van der Waals surface area contributed by atoms with E-state index in [-0.39, 0.29) is 30.3 Å². The maximum atomic E-state index is 12.4. The van der Waals surface area contributed by atoms with E-state index in [1.54, 1.807) is 0 Å². The summed E-state index contributed by atoms with van der Waals surface area (Å²) in [6, 6.07) is 7.31. The zero-order chi connectivity index (χ0) is 15.9. The minimum Gasteiger partial charge on any atom is -0.469 e. The molecule has 1 aromatic carbocycles. The molecule has 120 valence electrons. The molecule has 0 aliphatic heterocycles. The van der Waals surface area contributed by atoms with E-state index < -0.39 is 0 Å². The van der Waals surface area contributed by atoms with Crippen LogP contribution in [0.4, 0.5) is 0 Å². The van der Waals surface area contributed by atoms with Crippen molar-refractivity contribution in [2.75, 3.05) is 7.11 Å². The van der Waals surface area contributed by atoms with Crippen molar-refractivity contribution >= 4 is 27.8 Å². The third-order valence-electron chi connectivity index (χ3n) is 4.16. The summed E-state index contributed by atoms with van der Waals surface area (Å²) in [5.74, 6) is -0.197. The summed E-state index contributed by atoms with van der Waals surface area (Å²) in [6.45, 7) is 0. The quantitative estimate of drug-likeness (QED) is 0.806. The highest BCUT2D eigenvalue weighted by Crippen LogP contribution is 2.26. The van der Waals surface area contributed by atoms with Crippen LogP contribution in [0.5, 0.6) is 0 Å². The number of esters is 1. The molecule has 1 aromatic rings. The lowest BCUT2D eigenvalue weighted by molar-refractivity contribution is -0.141. The fraction of sp³-hybridized carbons (Fsp3) is 0.529. The zero-order valence-corrected chi connectivity index (χ0v) is 14.4. The van der Waals surface area contributed by atoms with E-state index in [0.717, 1.165) is 35.7 Å². The third-order valence-corrected chi connectivity index (χ3v) is 4.69. The van der Waals surface area contributed by atoms with E-state index in [0.29, 0.717) is 0 Å². The van der Waals surface area contributed by atoms with Crippen LogP contribution in [0.2, 0.25) is 0 Å². The standard InChI is InChI=1S/C17H22BrNO3/c1-22-16(20)11-15(12-7-9-14(18)10-8-12)19-17(21)13-5-3-2-4-6-13/h7-10,13,15H,2-6,11H2,1H3,(H,19,21). The lowest BCUT2D eigenvalue weighted by Crippen LogP contribution is -2.36. The topological polar surface area (TPSA) is 55.4 Å². The highest BCUT2D eigenvalue weighted by molar-refractivity contribution is 9.10. The summed E-state index contributed by atoms with van der Waals surface area (Å²) in [4.78, 5) is 24.1. The number of hydrogen-bond donors (Lipinski definition) is 1. The zero-order valence-electron chi connectivity index (χ0n) is 12.8. The van der Waals surface area contributed by atoms with Gasteiger partial charge in [0.25, 0.3) is 0 Å². The number of amides is 1. The van der Waals surface area contributed by atoms with Gasteiger partial charge >= 0.3 is 5.97 Å². The fourth-order valence-corrected chi connectivity index (χ4v) is 3.12. The second-order valence-electron chi connectivity index (χ2n) is 5.73. The first-order valence-electron chi connectivity index (χ1n) is 7.73. The Kier molecular flexibility index (Phi) is 6.43.